The predicted octanol–water partition coefficient (Wildman–Crippen LogP) is 6.00. The predicted molar refractivity (Wildman–Crippen MR) is 125 cm³/mol. The van der Waals surface area contributed by atoms with Crippen LogP contribution in [0.4, 0.5) is 9.52 Å². The molecule has 1 aromatic heterocycles. The van der Waals surface area contributed by atoms with Crippen molar-refractivity contribution in [1.29, 1.82) is 0 Å². The van der Waals surface area contributed by atoms with E-state index in [1.54, 1.807) is 11.3 Å². The number of aryl methyl sites for hydroxylation is 1. The fourth-order valence-electron chi connectivity index (χ4n) is 3.88. The maximum Gasteiger partial charge on any atom is 0.185 e. The Morgan fingerprint density at radius 1 is 1.16 bits per heavy atom. The van der Waals surface area contributed by atoms with E-state index in [1.165, 1.54) is 17.7 Å². The second kappa shape index (κ2) is 9.27. The van der Waals surface area contributed by atoms with Crippen molar-refractivity contribution in [3.8, 4) is 11.3 Å². The average Bonchev–Trinajstić information content (AvgIpc) is 3.27. The van der Waals surface area contributed by atoms with Gasteiger partial charge in [-0.25, -0.2) is 17.8 Å². The van der Waals surface area contributed by atoms with Gasteiger partial charge in [0.1, 0.15) is 5.82 Å². The Bertz CT molecular complexity index is 1150. The molecule has 4 rings (SSSR count). The first-order valence-electron chi connectivity index (χ1n) is 10.4. The van der Waals surface area contributed by atoms with E-state index < -0.39 is 20.9 Å². The summed E-state index contributed by atoms with van der Waals surface area (Å²) in [6.45, 7) is 3.40. The SMILES string of the molecule is CCCc1ccc(-c2csc(N3CCC(S(=O)(=O)c4ccc(F)c(Cl)c4)CC3)n2)cc1. The van der Waals surface area contributed by atoms with Crippen LogP contribution in [0.5, 0.6) is 0 Å². The molecular weight excluding hydrogens is 455 g/mol. The van der Waals surface area contributed by atoms with Crippen molar-refractivity contribution in [3.63, 3.8) is 0 Å². The quantitative estimate of drug-likeness (QED) is 0.408. The fourth-order valence-corrected chi connectivity index (χ4v) is 6.77. The summed E-state index contributed by atoms with van der Waals surface area (Å²) in [4.78, 5) is 7.01. The Morgan fingerprint density at radius 3 is 2.52 bits per heavy atom. The molecule has 1 fully saturated rings. The zero-order chi connectivity index (χ0) is 22.0. The molecular formula is C23H24ClFN2O2S2. The first-order valence-corrected chi connectivity index (χ1v) is 13.2. The first-order chi connectivity index (χ1) is 14.9. The van der Waals surface area contributed by atoms with Crippen molar-refractivity contribution in [2.45, 2.75) is 42.8 Å². The summed E-state index contributed by atoms with van der Waals surface area (Å²) >= 11 is 7.36. The number of sulfone groups is 1. The molecule has 2 aromatic carbocycles. The number of aromatic nitrogens is 1. The van der Waals surface area contributed by atoms with E-state index in [-0.39, 0.29) is 9.92 Å². The number of nitrogens with zero attached hydrogens (tertiary/aromatic N) is 2. The summed E-state index contributed by atoms with van der Waals surface area (Å²) in [6, 6.07) is 12.1. The summed E-state index contributed by atoms with van der Waals surface area (Å²) in [6.07, 6.45) is 3.19. The van der Waals surface area contributed by atoms with E-state index in [0.717, 1.165) is 35.3 Å². The molecule has 1 aliphatic heterocycles. The van der Waals surface area contributed by atoms with Gasteiger partial charge in [-0.3, -0.25) is 0 Å². The minimum Gasteiger partial charge on any atom is -0.348 e. The number of hydrogen-bond acceptors (Lipinski definition) is 5. The molecule has 164 valence electrons. The molecule has 0 saturated carbocycles. The highest BCUT2D eigenvalue weighted by molar-refractivity contribution is 7.92. The van der Waals surface area contributed by atoms with Crippen molar-refractivity contribution in [2.24, 2.45) is 0 Å². The van der Waals surface area contributed by atoms with E-state index in [0.29, 0.717) is 25.9 Å². The first kappa shape index (κ1) is 22.2. The third-order valence-corrected chi connectivity index (χ3v) is 9.10. The number of piperidine rings is 1. The summed E-state index contributed by atoms with van der Waals surface area (Å²) in [7, 11) is -3.55. The molecule has 0 radical (unpaired) electrons. The minimum absolute atomic E-state index is 0.0837. The van der Waals surface area contributed by atoms with Crippen molar-refractivity contribution < 1.29 is 12.8 Å². The van der Waals surface area contributed by atoms with Crippen LogP contribution in [0.2, 0.25) is 5.02 Å². The highest BCUT2D eigenvalue weighted by Crippen LogP contribution is 2.32. The minimum atomic E-state index is -3.55. The highest BCUT2D eigenvalue weighted by Gasteiger charge is 2.32. The van der Waals surface area contributed by atoms with E-state index >= 15 is 0 Å². The van der Waals surface area contributed by atoms with Gasteiger partial charge in [0, 0.05) is 24.0 Å². The van der Waals surface area contributed by atoms with Crippen LogP contribution >= 0.6 is 22.9 Å². The lowest BCUT2D eigenvalue weighted by molar-refractivity contribution is 0.529. The fraction of sp³-hybridized carbons (Fsp3) is 0.348. The summed E-state index contributed by atoms with van der Waals surface area (Å²) in [5.74, 6) is -0.616. The Kier molecular flexibility index (Phi) is 6.65. The zero-order valence-corrected chi connectivity index (χ0v) is 19.6. The number of halogens is 2. The van der Waals surface area contributed by atoms with Gasteiger partial charge in [0.2, 0.25) is 0 Å². The zero-order valence-electron chi connectivity index (χ0n) is 17.2. The van der Waals surface area contributed by atoms with Gasteiger partial charge in [0.25, 0.3) is 0 Å². The van der Waals surface area contributed by atoms with Crippen molar-refractivity contribution in [1.82, 2.24) is 4.98 Å². The number of anilines is 1. The lowest BCUT2D eigenvalue weighted by atomic mass is 10.1. The number of hydrogen-bond donors (Lipinski definition) is 0. The molecule has 1 aliphatic rings. The van der Waals surface area contributed by atoms with Crippen LogP contribution in [-0.4, -0.2) is 31.7 Å². The summed E-state index contributed by atoms with van der Waals surface area (Å²) in [5.41, 5.74) is 3.36. The van der Waals surface area contributed by atoms with Crippen LogP contribution in [0.1, 0.15) is 31.7 Å². The van der Waals surface area contributed by atoms with E-state index in [4.69, 9.17) is 16.6 Å². The second-order valence-electron chi connectivity index (χ2n) is 7.77. The third-order valence-electron chi connectivity index (χ3n) is 5.65. The van der Waals surface area contributed by atoms with E-state index in [1.807, 2.05) is 5.38 Å². The second-order valence-corrected chi connectivity index (χ2v) is 11.2. The van der Waals surface area contributed by atoms with E-state index in [9.17, 15) is 12.8 Å². The van der Waals surface area contributed by atoms with Crippen LogP contribution in [-0.2, 0) is 16.3 Å². The van der Waals surface area contributed by atoms with Crippen molar-refractivity contribution in [3.05, 3.63) is 64.2 Å². The van der Waals surface area contributed by atoms with Gasteiger partial charge in [-0.2, -0.15) is 0 Å². The molecule has 4 nitrogen and oxygen atoms in total. The van der Waals surface area contributed by atoms with Gasteiger partial charge in [-0.05, 0) is 43.0 Å². The highest BCUT2D eigenvalue weighted by atomic mass is 35.5. The van der Waals surface area contributed by atoms with Gasteiger partial charge < -0.3 is 4.90 Å². The molecule has 0 spiro atoms. The van der Waals surface area contributed by atoms with Gasteiger partial charge in [0.05, 0.1) is 20.9 Å². The summed E-state index contributed by atoms with van der Waals surface area (Å²) in [5, 5.41) is 2.29. The molecule has 31 heavy (non-hydrogen) atoms. The lowest BCUT2D eigenvalue weighted by Crippen LogP contribution is -2.39. The topological polar surface area (TPSA) is 50.3 Å². The standard InChI is InChI=1S/C23H24ClFN2O2S2/c1-2-3-16-4-6-17(7-5-16)22-15-30-23(26-22)27-12-10-18(11-13-27)31(28,29)19-8-9-21(25)20(24)14-19/h4-9,14-15,18H,2-3,10-13H2,1H3. The molecule has 3 aromatic rings. The lowest BCUT2D eigenvalue weighted by Gasteiger charge is -2.31. The largest absolute Gasteiger partial charge is 0.348 e. The number of rotatable bonds is 6. The molecule has 8 heteroatoms. The maximum atomic E-state index is 13.4. The van der Waals surface area contributed by atoms with Crippen LogP contribution in [0.15, 0.2) is 52.7 Å². The molecule has 0 N–H and O–H groups in total. The van der Waals surface area contributed by atoms with Crippen LogP contribution in [0.25, 0.3) is 11.3 Å². The molecule has 1 saturated heterocycles. The molecule has 2 heterocycles. The van der Waals surface area contributed by atoms with Crippen LogP contribution < -0.4 is 4.90 Å². The smallest absolute Gasteiger partial charge is 0.185 e. The Labute approximate surface area is 191 Å². The van der Waals surface area contributed by atoms with Gasteiger partial charge in [-0.15, -0.1) is 11.3 Å². The monoisotopic (exact) mass is 478 g/mol. The van der Waals surface area contributed by atoms with Gasteiger partial charge in [-0.1, -0.05) is 49.2 Å². The van der Waals surface area contributed by atoms with Crippen LogP contribution in [0.3, 0.4) is 0 Å². The number of benzene rings is 2. The molecule has 0 atom stereocenters. The van der Waals surface area contributed by atoms with E-state index in [2.05, 4.69) is 36.1 Å². The van der Waals surface area contributed by atoms with Crippen molar-refractivity contribution >= 4 is 37.9 Å². The summed E-state index contributed by atoms with van der Waals surface area (Å²) < 4.78 is 39.3. The van der Waals surface area contributed by atoms with Crippen molar-refractivity contribution in [2.75, 3.05) is 18.0 Å². The third kappa shape index (κ3) is 4.78. The van der Waals surface area contributed by atoms with Crippen LogP contribution in [0, 0.1) is 5.82 Å². The van der Waals surface area contributed by atoms with Gasteiger partial charge >= 0.3 is 0 Å². The average molecular weight is 479 g/mol. The molecule has 0 amide bonds. The van der Waals surface area contributed by atoms with Gasteiger partial charge in [0.15, 0.2) is 15.0 Å². The Morgan fingerprint density at radius 2 is 1.87 bits per heavy atom. The molecule has 0 aliphatic carbocycles. The number of thiazole rings is 1. The normalized spacial score (nSPS) is 15.4. The molecule has 0 bridgehead atoms. The Hall–Kier alpha value is -1.96. The Balaban J connectivity index is 1.42. The molecule has 0 unspecified atom stereocenters. The maximum absolute atomic E-state index is 13.4.